The number of rotatable bonds is 1. The van der Waals surface area contributed by atoms with Crippen molar-refractivity contribution >= 4 is 0 Å². The lowest BCUT2D eigenvalue weighted by molar-refractivity contribution is 0.476. The minimum absolute atomic E-state index is 0.703. The fourth-order valence-corrected chi connectivity index (χ4v) is 1.98. The molecule has 0 aromatic heterocycles. The zero-order valence-electron chi connectivity index (χ0n) is 8.40. The van der Waals surface area contributed by atoms with Crippen LogP contribution < -0.4 is 0 Å². The molecule has 2 atom stereocenters. The van der Waals surface area contributed by atoms with E-state index in [0.29, 0.717) is 5.92 Å². The van der Waals surface area contributed by atoms with Gasteiger partial charge in [-0.1, -0.05) is 31.2 Å². The fraction of sp³-hybridized carbons (Fsp3) is 0.667. The summed E-state index contributed by atoms with van der Waals surface area (Å²) in [6, 6.07) is 0. The van der Waals surface area contributed by atoms with E-state index in [-0.39, 0.29) is 0 Å². The molecular formula is C12H20. The van der Waals surface area contributed by atoms with Gasteiger partial charge in [0.25, 0.3) is 0 Å². The van der Waals surface area contributed by atoms with E-state index in [1.165, 1.54) is 36.8 Å². The number of allylic oxidation sites excluding steroid dienone is 2. The van der Waals surface area contributed by atoms with Crippen molar-refractivity contribution in [3.63, 3.8) is 0 Å². The first kappa shape index (κ1) is 9.57. The Bertz CT molecular complexity index is 188. The maximum Gasteiger partial charge on any atom is -0.0203 e. The third-order valence-corrected chi connectivity index (χ3v) is 3.08. The van der Waals surface area contributed by atoms with Gasteiger partial charge in [-0.25, -0.2) is 0 Å². The van der Waals surface area contributed by atoms with E-state index in [9.17, 15) is 0 Å². The third-order valence-electron chi connectivity index (χ3n) is 3.08. The molecule has 68 valence electrons. The van der Waals surface area contributed by atoms with Crippen molar-refractivity contribution in [3.8, 4) is 0 Å². The van der Waals surface area contributed by atoms with Crippen LogP contribution >= 0.6 is 0 Å². The van der Waals surface area contributed by atoms with Gasteiger partial charge in [0.1, 0.15) is 0 Å². The second-order valence-corrected chi connectivity index (χ2v) is 4.23. The molecule has 0 heterocycles. The van der Waals surface area contributed by atoms with Crippen molar-refractivity contribution < 1.29 is 0 Å². The normalized spacial score (nSPS) is 31.3. The Morgan fingerprint density at radius 3 is 2.75 bits per heavy atom. The molecule has 0 aliphatic heterocycles. The smallest absolute Gasteiger partial charge is 0.0203 e. The minimum atomic E-state index is 0.703. The molecule has 0 nitrogen and oxygen atoms in total. The molecule has 0 radical (unpaired) electrons. The summed E-state index contributed by atoms with van der Waals surface area (Å²) in [7, 11) is 0. The van der Waals surface area contributed by atoms with Crippen LogP contribution in [0.2, 0.25) is 0 Å². The van der Waals surface area contributed by atoms with E-state index in [0.717, 1.165) is 5.92 Å². The molecule has 0 aromatic carbocycles. The van der Waals surface area contributed by atoms with Gasteiger partial charge in [0.2, 0.25) is 0 Å². The lowest BCUT2D eigenvalue weighted by Gasteiger charge is -2.17. The molecule has 0 amide bonds. The van der Waals surface area contributed by atoms with Gasteiger partial charge in [-0.2, -0.15) is 0 Å². The molecule has 0 bridgehead atoms. The molecule has 0 N–H and O–H groups in total. The van der Waals surface area contributed by atoms with Crippen molar-refractivity contribution in [1.29, 1.82) is 0 Å². The summed E-state index contributed by atoms with van der Waals surface area (Å²) in [5, 5.41) is 0. The SMILES string of the molecule is C=C1CCCC(C(=C)C)CC1C. The first-order valence-corrected chi connectivity index (χ1v) is 4.94. The maximum atomic E-state index is 4.12. The Labute approximate surface area is 76.4 Å². The molecule has 0 saturated heterocycles. The Hall–Kier alpha value is -0.520. The number of hydrogen-bond acceptors (Lipinski definition) is 0. The summed E-state index contributed by atoms with van der Waals surface area (Å²) in [5.74, 6) is 1.45. The summed E-state index contributed by atoms with van der Waals surface area (Å²) >= 11 is 0. The Morgan fingerprint density at radius 2 is 2.17 bits per heavy atom. The van der Waals surface area contributed by atoms with Gasteiger partial charge in [0.15, 0.2) is 0 Å². The predicted octanol–water partition coefficient (Wildman–Crippen LogP) is 3.95. The van der Waals surface area contributed by atoms with Gasteiger partial charge >= 0.3 is 0 Å². The largest absolute Gasteiger partial charge is 0.0999 e. The maximum absolute atomic E-state index is 4.12. The Balaban J connectivity index is 2.59. The monoisotopic (exact) mass is 164 g/mol. The molecule has 2 unspecified atom stereocenters. The van der Waals surface area contributed by atoms with Crippen LogP contribution in [0.5, 0.6) is 0 Å². The van der Waals surface area contributed by atoms with E-state index < -0.39 is 0 Å². The van der Waals surface area contributed by atoms with Crippen molar-refractivity contribution in [1.82, 2.24) is 0 Å². The highest BCUT2D eigenvalue weighted by atomic mass is 14.2. The average Bonchev–Trinajstić information content (AvgIpc) is 2.15. The second kappa shape index (κ2) is 3.93. The van der Waals surface area contributed by atoms with Crippen LogP contribution in [0.1, 0.15) is 39.5 Å². The molecule has 1 fully saturated rings. The van der Waals surface area contributed by atoms with Crippen LogP contribution in [0.15, 0.2) is 24.3 Å². The van der Waals surface area contributed by atoms with Gasteiger partial charge in [0.05, 0.1) is 0 Å². The van der Waals surface area contributed by atoms with Crippen LogP contribution in [0.3, 0.4) is 0 Å². The van der Waals surface area contributed by atoms with E-state index in [2.05, 4.69) is 27.0 Å². The van der Waals surface area contributed by atoms with E-state index in [1.807, 2.05) is 0 Å². The van der Waals surface area contributed by atoms with Crippen molar-refractivity contribution in [2.75, 3.05) is 0 Å². The van der Waals surface area contributed by atoms with Crippen LogP contribution in [0.25, 0.3) is 0 Å². The summed E-state index contributed by atoms with van der Waals surface area (Å²) in [4.78, 5) is 0. The van der Waals surface area contributed by atoms with Crippen LogP contribution in [-0.2, 0) is 0 Å². The summed E-state index contributed by atoms with van der Waals surface area (Å²) in [6.07, 6.45) is 5.12. The predicted molar refractivity (Wildman–Crippen MR) is 55.1 cm³/mol. The van der Waals surface area contributed by atoms with E-state index >= 15 is 0 Å². The molecule has 0 heteroatoms. The Kier molecular flexibility index (Phi) is 3.13. The van der Waals surface area contributed by atoms with Crippen LogP contribution in [0.4, 0.5) is 0 Å². The zero-order chi connectivity index (χ0) is 9.14. The average molecular weight is 164 g/mol. The molecule has 1 rings (SSSR count). The topological polar surface area (TPSA) is 0 Å². The highest BCUT2D eigenvalue weighted by Crippen LogP contribution is 2.33. The second-order valence-electron chi connectivity index (χ2n) is 4.23. The fourth-order valence-electron chi connectivity index (χ4n) is 1.98. The number of hydrogen-bond donors (Lipinski definition) is 0. The van der Waals surface area contributed by atoms with Gasteiger partial charge in [0, 0.05) is 0 Å². The molecule has 1 aliphatic carbocycles. The van der Waals surface area contributed by atoms with Crippen molar-refractivity contribution in [2.24, 2.45) is 11.8 Å². The molecular weight excluding hydrogens is 144 g/mol. The first-order chi connectivity index (χ1) is 5.61. The highest BCUT2D eigenvalue weighted by molar-refractivity contribution is 5.06. The lowest BCUT2D eigenvalue weighted by atomic mass is 9.88. The molecule has 0 spiro atoms. The van der Waals surface area contributed by atoms with Crippen molar-refractivity contribution in [2.45, 2.75) is 39.5 Å². The van der Waals surface area contributed by atoms with Crippen LogP contribution in [-0.4, -0.2) is 0 Å². The minimum Gasteiger partial charge on any atom is -0.0999 e. The quantitative estimate of drug-likeness (QED) is 0.406. The van der Waals surface area contributed by atoms with Gasteiger partial charge in [-0.15, -0.1) is 0 Å². The summed E-state index contributed by atoms with van der Waals surface area (Å²) < 4.78 is 0. The third kappa shape index (κ3) is 2.23. The zero-order valence-corrected chi connectivity index (χ0v) is 8.40. The highest BCUT2D eigenvalue weighted by Gasteiger charge is 2.19. The molecule has 12 heavy (non-hydrogen) atoms. The van der Waals surface area contributed by atoms with E-state index in [1.54, 1.807) is 0 Å². The Morgan fingerprint density at radius 1 is 1.50 bits per heavy atom. The lowest BCUT2D eigenvalue weighted by Crippen LogP contribution is -2.04. The van der Waals surface area contributed by atoms with Gasteiger partial charge < -0.3 is 0 Å². The molecule has 1 aliphatic rings. The molecule has 0 aromatic rings. The first-order valence-electron chi connectivity index (χ1n) is 4.94. The summed E-state index contributed by atoms with van der Waals surface area (Å²) in [5.41, 5.74) is 2.80. The molecule has 1 saturated carbocycles. The van der Waals surface area contributed by atoms with Gasteiger partial charge in [-0.05, 0) is 44.4 Å². The van der Waals surface area contributed by atoms with Crippen molar-refractivity contribution in [3.05, 3.63) is 24.3 Å². The standard InChI is InChI=1S/C12H20/c1-9(2)12-7-5-6-10(3)11(4)8-12/h11-12H,1,3,5-8H2,2,4H3. The van der Waals surface area contributed by atoms with Gasteiger partial charge in [-0.3, -0.25) is 0 Å². The van der Waals surface area contributed by atoms with Crippen LogP contribution in [0, 0.1) is 11.8 Å². The summed E-state index contributed by atoms with van der Waals surface area (Å²) in [6.45, 7) is 12.6. The van der Waals surface area contributed by atoms with E-state index in [4.69, 9.17) is 0 Å².